The quantitative estimate of drug-likeness (QED) is 0.502. The lowest BCUT2D eigenvalue weighted by Gasteiger charge is -2.04. The average Bonchev–Trinajstić information content (AvgIpc) is 2.09. The predicted molar refractivity (Wildman–Crippen MR) is 46.3 cm³/mol. The van der Waals surface area contributed by atoms with Crippen molar-refractivity contribution in [3.63, 3.8) is 0 Å². The zero-order valence-corrected chi connectivity index (χ0v) is 7.25. The van der Waals surface area contributed by atoms with Crippen LogP contribution in [0.25, 0.3) is 0 Å². The molecule has 0 atom stereocenters. The van der Waals surface area contributed by atoms with E-state index in [0.717, 1.165) is 0 Å². The Kier molecular flexibility index (Phi) is 2.63. The Hall–Kier alpha value is -1.42. The summed E-state index contributed by atoms with van der Waals surface area (Å²) in [5.41, 5.74) is 0.0880. The minimum absolute atomic E-state index is 0.0775. The molecule has 5 heteroatoms. The number of carboxylic acids is 1. The van der Waals surface area contributed by atoms with E-state index in [2.05, 4.69) is 0 Å². The van der Waals surface area contributed by atoms with Gasteiger partial charge < -0.3 is 15.3 Å². The summed E-state index contributed by atoms with van der Waals surface area (Å²) < 4.78 is 0. The number of benzene rings is 1. The maximum absolute atomic E-state index is 10.5. The Balaban J connectivity index is 3.33. The molecule has 0 aromatic heterocycles. The number of phenolic OH excluding ortho intramolecular Hbond substituents is 1. The molecule has 0 saturated carbocycles. The highest BCUT2D eigenvalue weighted by Crippen LogP contribution is 2.30. The molecular formula is C8H7ClO4. The smallest absolute Gasteiger partial charge is 0.339 e. The number of carboxylic acid groups (broad SMARTS) is 1. The monoisotopic (exact) mass is 202 g/mol. The summed E-state index contributed by atoms with van der Waals surface area (Å²) in [6.45, 7) is 0. The summed E-state index contributed by atoms with van der Waals surface area (Å²) in [6, 6.07) is 2.43. The Labute approximate surface area is 79.0 Å². The molecule has 0 amide bonds. The number of carbonyl (C=O) groups is 1. The number of hydrogen-bond donors (Lipinski definition) is 3. The predicted octanol–water partition coefficient (Wildman–Crippen LogP) is 1.53. The molecule has 0 saturated heterocycles. The molecule has 1 aromatic rings. The molecule has 0 bridgehead atoms. The second-order valence-corrected chi connectivity index (χ2v) is 2.72. The molecular weight excluding hydrogens is 196 g/mol. The zero-order chi connectivity index (χ0) is 10.0. The minimum Gasteiger partial charge on any atom is -0.504 e. The summed E-state index contributed by atoms with van der Waals surface area (Å²) in [7, 11) is 0. The van der Waals surface area contributed by atoms with Crippen molar-refractivity contribution in [3.8, 4) is 11.5 Å². The second-order valence-electron chi connectivity index (χ2n) is 2.45. The van der Waals surface area contributed by atoms with E-state index >= 15 is 0 Å². The summed E-state index contributed by atoms with van der Waals surface area (Å²) in [6.07, 6.45) is 0. The first kappa shape index (κ1) is 9.67. The highest BCUT2D eigenvalue weighted by Gasteiger charge is 2.14. The van der Waals surface area contributed by atoms with Crippen molar-refractivity contribution in [3.05, 3.63) is 23.3 Å². The average molecular weight is 203 g/mol. The first-order valence-electron chi connectivity index (χ1n) is 3.40. The number of halogens is 1. The van der Waals surface area contributed by atoms with Crippen molar-refractivity contribution in [1.29, 1.82) is 0 Å². The molecule has 3 N–H and O–H groups in total. The van der Waals surface area contributed by atoms with Gasteiger partial charge in [-0.1, -0.05) is 0 Å². The van der Waals surface area contributed by atoms with Crippen LogP contribution in [0.2, 0.25) is 0 Å². The van der Waals surface area contributed by atoms with E-state index in [9.17, 15) is 4.79 Å². The van der Waals surface area contributed by atoms with Crippen LogP contribution in [0.5, 0.6) is 11.5 Å². The van der Waals surface area contributed by atoms with E-state index in [1.807, 2.05) is 0 Å². The highest BCUT2D eigenvalue weighted by atomic mass is 35.5. The molecule has 0 spiro atoms. The SMILES string of the molecule is O=C(O)c1cc(CCl)cc(O)c1O. The van der Waals surface area contributed by atoms with Crippen molar-refractivity contribution in [1.82, 2.24) is 0 Å². The Morgan fingerprint density at radius 2 is 2.00 bits per heavy atom. The van der Waals surface area contributed by atoms with Gasteiger partial charge in [-0.3, -0.25) is 0 Å². The van der Waals surface area contributed by atoms with Crippen LogP contribution in [-0.2, 0) is 5.88 Å². The van der Waals surface area contributed by atoms with E-state index in [4.69, 9.17) is 26.9 Å². The Morgan fingerprint density at radius 3 is 2.46 bits per heavy atom. The molecule has 13 heavy (non-hydrogen) atoms. The maximum Gasteiger partial charge on any atom is 0.339 e. The van der Waals surface area contributed by atoms with Gasteiger partial charge in [0.1, 0.15) is 5.56 Å². The molecule has 0 aliphatic carbocycles. The van der Waals surface area contributed by atoms with E-state index in [-0.39, 0.29) is 11.4 Å². The van der Waals surface area contributed by atoms with Crippen LogP contribution >= 0.6 is 11.6 Å². The largest absolute Gasteiger partial charge is 0.504 e. The summed E-state index contributed by atoms with van der Waals surface area (Å²) in [5.74, 6) is -2.34. The zero-order valence-electron chi connectivity index (χ0n) is 6.49. The van der Waals surface area contributed by atoms with E-state index < -0.39 is 17.5 Å². The van der Waals surface area contributed by atoms with E-state index in [0.29, 0.717) is 5.56 Å². The second kappa shape index (κ2) is 3.53. The molecule has 0 unspecified atom stereocenters. The lowest BCUT2D eigenvalue weighted by molar-refractivity contribution is 0.0693. The molecule has 4 nitrogen and oxygen atoms in total. The third-order valence-corrected chi connectivity index (χ3v) is 1.84. The minimum atomic E-state index is -1.31. The third-order valence-electron chi connectivity index (χ3n) is 1.53. The fourth-order valence-corrected chi connectivity index (χ4v) is 1.07. The van der Waals surface area contributed by atoms with Crippen LogP contribution in [0.15, 0.2) is 12.1 Å². The van der Waals surface area contributed by atoms with Crippen molar-refractivity contribution < 1.29 is 20.1 Å². The highest BCUT2D eigenvalue weighted by molar-refractivity contribution is 6.17. The topological polar surface area (TPSA) is 77.8 Å². The third kappa shape index (κ3) is 1.84. The van der Waals surface area contributed by atoms with Crippen LogP contribution in [0.1, 0.15) is 15.9 Å². The van der Waals surface area contributed by atoms with Gasteiger partial charge in [0.2, 0.25) is 0 Å². The standard InChI is InChI=1S/C8H7ClO4/c9-3-4-1-5(8(12)13)7(11)6(10)2-4/h1-2,10-11H,3H2,(H,12,13). The summed E-state index contributed by atoms with van der Waals surface area (Å²) >= 11 is 5.44. The number of rotatable bonds is 2. The normalized spacial score (nSPS) is 9.92. The van der Waals surface area contributed by atoms with Crippen LogP contribution < -0.4 is 0 Å². The van der Waals surface area contributed by atoms with Gasteiger partial charge in [0, 0.05) is 5.88 Å². The van der Waals surface area contributed by atoms with Crippen LogP contribution in [0.3, 0.4) is 0 Å². The fourth-order valence-electron chi connectivity index (χ4n) is 0.918. The van der Waals surface area contributed by atoms with Crippen LogP contribution in [-0.4, -0.2) is 21.3 Å². The fraction of sp³-hybridized carbons (Fsp3) is 0.125. The molecule has 70 valence electrons. The molecule has 0 radical (unpaired) electrons. The molecule has 0 aliphatic rings. The lowest BCUT2D eigenvalue weighted by Crippen LogP contribution is -1.98. The lowest BCUT2D eigenvalue weighted by atomic mass is 10.1. The van der Waals surface area contributed by atoms with Crippen molar-refractivity contribution in [2.24, 2.45) is 0 Å². The van der Waals surface area contributed by atoms with Gasteiger partial charge in [-0.05, 0) is 17.7 Å². The maximum atomic E-state index is 10.5. The van der Waals surface area contributed by atoms with Crippen molar-refractivity contribution >= 4 is 17.6 Å². The van der Waals surface area contributed by atoms with Crippen LogP contribution in [0.4, 0.5) is 0 Å². The first-order chi connectivity index (χ1) is 6.06. The molecule has 0 fully saturated rings. The van der Waals surface area contributed by atoms with Gasteiger partial charge in [-0.15, -0.1) is 11.6 Å². The molecule has 1 rings (SSSR count). The molecule has 0 heterocycles. The van der Waals surface area contributed by atoms with E-state index in [1.165, 1.54) is 12.1 Å². The Morgan fingerprint density at radius 1 is 1.38 bits per heavy atom. The van der Waals surface area contributed by atoms with Crippen LogP contribution in [0, 0.1) is 0 Å². The van der Waals surface area contributed by atoms with Gasteiger partial charge in [-0.25, -0.2) is 4.79 Å². The number of alkyl halides is 1. The molecule has 1 aromatic carbocycles. The Bertz CT molecular complexity index is 348. The molecule has 0 aliphatic heterocycles. The number of phenols is 2. The van der Waals surface area contributed by atoms with Crippen molar-refractivity contribution in [2.75, 3.05) is 0 Å². The van der Waals surface area contributed by atoms with Crippen molar-refractivity contribution in [2.45, 2.75) is 5.88 Å². The summed E-state index contributed by atoms with van der Waals surface area (Å²) in [4.78, 5) is 10.5. The number of aromatic hydroxyl groups is 2. The van der Waals surface area contributed by atoms with Gasteiger partial charge in [0.05, 0.1) is 0 Å². The van der Waals surface area contributed by atoms with Gasteiger partial charge in [0.25, 0.3) is 0 Å². The van der Waals surface area contributed by atoms with Gasteiger partial charge >= 0.3 is 5.97 Å². The van der Waals surface area contributed by atoms with E-state index in [1.54, 1.807) is 0 Å². The number of hydrogen-bond acceptors (Lipinski definition) is 3. The first-order valence-corrected chi connectivity index (χ1v) is 3.93. The van der Waals surface area contributed by atoms with Gasteiger partial charge in [0.15, 0.2) is 11.5 Å². The van der Waals surface area contributed by atoms with Gasteiger partial charge in [-0.2, -0.15) is 0 Å². The number of aromatic carboxylic acids is 1. The summed E-state index contributed by atoms with van der Waals surface area (Å²) in [5, 5.41) is 26.8.